The van der Waals surface area contributed by atoms with Crippen molar-refractivity contribution in [2.45, 2.75) is 52.8 Å². The van der Waals surface area contributed by atoms with Crippen LogP contribution in [0.25, 0.3) is 0 Å². The normalized spacial score (nSPS) is 11.7. The topological polar surface area (TPSA) is 41.6 Å². The van der Waals surface area contributed by atoms with E-state index in [-0.39, 0.29) is 12.1 Å². The maximum absolute atomic E-state index is 12.2. The van der Waals surface area contributed by atoms with Crippen molar-refractivity contribution in [3.05, 3.63) is 33.8 Å². The van der Waals surface area contributed by atoms with Crippen LogP contribution in [0.2, 0.25) is 10.0 Å². The van der Waals surface area contributed by atoms with Gasteiger partial charge in [0.25, 0.3) is 0 Å². The molecule has 6 heteroatoms. The number of carbonyl (C=O) groups excluding carboxylic acids is 1. The van der Waals surface area contributed by atoms with E-state index >= 15 is 0 Å². The molecule has 0 unspecified atom stereocenters. The minimum Gasteiger partial charge on any atom is -0.444 e. The first-order valence-electron chi connectivity index (χ1n) is 7.74. The van der Waals surface area contributed by atoms with Gasteiger partial charge in [-0.2, -0.15) is 0 Å². The fourth-order valence-corrected chi connectivity index (χ4v) is 2.44. The van der Waals surface area contributed by atoms with Crippen molar-refractivity contribution in [2.24, 2.45) is 0 Å². The predicted molar refractivity (Wildman–Crippen MR) is 96.2 cm³/mol. The molecule has 4 nitrogen and oxygen atoms in total. The molecule has 0 spiro atoms. The van der Waals surface area contributed by atoms with Crippen molar-refractivity contribution in [1.29, 1.82) is 0 Å². The summed E-state index contributed by atoms with van der Waals surface area (Å²) in [5, 5.41) is 4.55. The molecular formula is C17H26Cl2N2O2. The Morgan fingerprint density at radius 2 is 1.96 bits per heavy atom. The molecule has 0 aliphatic carbocycles. The summed E-state index contributed by atoms with van der Waals surface area (Å²) in [6.07, 6.45) is -0.293. The zero-order valence-electron chi connectivity index (χ0n) is 14.5. The lowest BCUT2D eigenvalue weighted by Crippen LogP contribution is -2.44. The molecule has 1 amide bonds. The van der Waals surface area contributed by atoms with Gasteiger partial charge in [-0.3, -0.25) is 0 Å². The summed E-state index contributed by atoms with van der Waals surface area (Å²) in [6, 6.07) is 5.50. The van der Waals surface area contributed by atoms with Crippen LogP contribution in [0.4, 0.5) is 4.79 Å². The molecule has 0 aromatic heterocycles. The van der Waals surface area contributed by atoms with E-state index in [4.69, 9.17) is 27.9 Å². The first kappa shape index (κ1) is 20.1. The highest BCUT2D eigenvalue weighted by molar-refractivity contribution is 6.35. The highest BCUT2D eigenvalue weighted by Gasteiger charge is 2.23. The Balaban J connectivity index is 2.48. The van der Waals surface area contributed by atoms with Crippen LogP contribution in [0, 0.1) is 0 Å². The fourth-order valence-electron chi connectivity index (χ4n) is 1.97. The summed E-state index contributed by atoms with van der Waals surface area (Å²) in [7, 11) is 0. The lowest BCUT2D eigenvalue weighted by atomic mass is 10.2. The average molecular weight is 361 g/mol. The molecule has 0 fully saturated rings. The number of nitrogens with one attached hydrogen (secondary N) is 1. The molecule has 0 saturated heterocycles. The summed E-state index contributed by atoms with van der Waals surface area (Å²) in [5.74, 6) is 0. The van der Waals surface area contributed by atoms with Gasteiger partial charge >= 0.3 is 6.09 Å². The largest absolute Gasteiger partial charge is 0.444 e. The fraction of sp³-hybridized carbons (Fsp3) is 0.588. The Morgan fingerprint density at radius 1 is 1.30 bits per heavy atom. The standard InChI is InChI=1S/C17H26Cl2N2O2/c1-12(2)21(16(22)23-17(3,4)5)9-8-20-11-13-6-7-14(18)10-15(13)19/h6-7,10,12,20H,8-9,11H2,1-5H3. The van der Waals surface area contributed by atoms with Gasteiger partial charge in [0, 0.05) is 35.7 Å². The van der Waals surface area contributed by atoms with E-state index < -0.39 is 5.60 Å². The number of halogens is 2. The number of carbonyl (C=O) groups is 1. The second-order valence-corrected chi connectivity index (χ2v) is 7.52. The van der Waals surface area contributed by atoms with E-state index in [2.05, 4.69) is 5.32 Å². The Kier molecular flexibility index (Phi) is 7.65. The third-order valence-electron chi connectivity index (χ3n) is 3.11. The SMILES string of the molecule is CC(C)N(CCNCc1ccc(Cl)cc1Cl)C(=O)OC(C)(C)C. The van der Waals surface area contributed by atoms with Crippen LogP contribution >= 0.6 is 23.2 Å². The van der Waals surface area contributed by atoms with Crippen LogP contribution < -0.4 is 5.32 Å². The van der Waals surface area contributed by atoms with Gasteiger partial charge < -0.3 is 15.0 Å². The van der Waals surface area contributed by atoms with Crippen LogP contribution in [-0.2, 0) is 11.3 Å². The zero-order valence-corrected chi connectivity index (χ0v) is 16.0. The smallest absolute Gasteiger partial charge is 0.410 e. The lowest BCUT2D eigenvalue weighted by Gasteiger charge is -2.30. The Morgan fingerprint density at radius 3 is 2.48 bits per heavy atom. The van der Waals surface area contributed by atoms with Crippen LogP contribution in [0.1, 0.15) is 40.2 Å². The molecule has 23 heavy (non-hydrogen) atoms. The van der Waals surface area contributed by atoms with Gasteiger partial charge in [0.2, 0.25) is 0 Å². The van der Waals surface area contributed by atoms with Crippen molar-refractivity contribution >= 4 is 29.3 Å². The van der Waals surface area contributed by atoms with Crippen LogP contribution in [0.5, 0.6) is 0 Å². The van der Waals surface area contributed by atoms with Crippen LogP contribution in [0.3, 0.4) is 0 Å². The highest BCUT2D eigenvalue weighted by atomic mass is 35.5. The van der Waals surface area contributed by atoms with E-state index in [0.717, 1.165) is 5.56 Å². The molecule has 0 atom stereocenters. The highest BCUT2D eigenvalue weighted by Crippen LogP contribution is 2.20. The number of benzene rings is 1. The Hall–Kier alpha value is -0.970. The van der Waals surface area contributed by atoms with Crippen molar-refractivity contribution in [2.75, 3.05) is 13.1 Å². The lowest BCUT2D eigenvalue weighted by molar-refractivity contribution is 0.0193. The number of nitrogens with zero attached hydrogens (tertiary/aromatic N) is 1. The van der Waals surface area contributed by atoms with Crippen molar-refractivity contribution in [3.63, 3.8) is 0 Å². The quantitative estimate of drug-likeness (QED) is 0.745. The Bertz CT molecular complexity index is 528. The maximum atomic E-state index is 12.2. The van der Waals surface area contributed by atoms with Gasteiger partial charge in [0.15, 0.2) is 0 Å². The Labute approximate surface area is 149 Å². The van der Waals surface area contributed by atoms with Gasteiger partial charge in [-0.05, 0) is 52.3 Å². The third-order valence-corrected chi connectivity index (χ3v) is 3.70. The van der Waals surface area contributed by atoms with Gasteiger partial charge in [0.05, 0.1) is 0 Å². The molecule has 1 aromatic rings. The maximum Gasteiger partial charge on any atom is 0.410 e. The number of hydrogen-bond acceptors (Lipinski definition) is 3. The van der Waals surface area contributed by atoms with Gasteiger partial charge in [-0.25, -0.2) is 4.79 Å². The average Bonchev–Trinajstić information content (AvgIpc) is 2.38. The van der Waals surface area contributed by atoms with E-state index in [0.29, 0.717) is 29.7 Å². The van der Waals surface area contributed by atoms with Crippen LogP contribution in [0.15, 0.2) is 18.2 Å². The van der Waals surface area contributed by atoms with Crippen molar-refractivity contribution < 1.29 is 9.53 Å². The number of ether oxygens (including phenoxy) is 1. The van der Waals surface area contributed by atoms with Crippen molar-refractivity contribution in [3.8, 4) is 0 Å². The van der Waals surface area contributed by atoms with Gasteiger partial charge in [-0.15, -0.1) is 0 Å². The third kappa shape index (κ3) is 7.42. The summed E-state index contributed by atoms with van der Waals surface area (Å²) >= 11 is 12.0. The molecule has 0 heterocycles. The van der Waals surface area contributed by atoms with E-state index in [9.17, 15) is 4.79 Å². The molecule has 0 radical (unpaired) electrons. The predicted octanol–water partition coefficient (Wildman–Crippen LogP) is 4.73. The molecule has 1 rings (SSSR count). The minimum absolute atomic E-state index is 0.0748. The number of rotatable bonds is 6. The summed E-state index contributed by atoms with van der Waals surface area (Å²) in [6.45, 7) is 11.4. The van der Waals surface area contributed by atoms with E-state index in [1.807, 2.05) is 46.8 Å². The molecule has 0 bridgehead atoms. The number of amides is 1. The molecule has 1 N–H and O–H groups in total. The first-order chi connectivity index (χ1) is 10.6. The summed E-state index contributed by atoms with van der Waals surface area (Å²) in [5.41, 5.74) is 0.485. The second kappa shape index (κ2) is 8.76. The molecular weight excluding hydrogens is 335 g/mol. The first-order valence-corrected chi connectivity index (χ1v) is 8.50. The second-order valence-electron chi connectivity index (χ2n) is 6.68. The summed E-state index contributed by atoms with van der Waals surface area (Å²) < 4.78 is 5.43. The minimum atomic E-state index is -0.492. The van der Waals surface area contributed by atoms with Crippen LogP contribution in [-0.4, -0.2) is 35.7 Å². The molecule has 0 aliphatic heterocycles. The summed E-state index contributed by atoms with van der Waals surface area (Å²) in [4.78, 5) is 13.9. The van der Waals surface area contributed by atoms with Crippen molar-refractivity contribution in [1.82, 2.24) is 10.2 Å². The van der Waals surface area contributed by atoms with E-state index in [1.165, 1.54) is 0 Å². The zero-order chi connectivity index (χ0) is 17.6. The molecule has 0 aliphatic rings. The van der Waals surface area contributed by atoms with E-state index in [1.54, 1.807) is 11.0 Å². The molecule has 1 aromatic carbocycles. The number of hydrogen-bond donors (Lipinski definition) is 1. The molecule has 0 saturated carbocycles. The van der Waals surface area contributed by atoms with Gasteiger partial charge in [-0.1, -0.05) is 29.3 Å². The van der Waals surface area contributed by atoms with Gasteiger partial charge in [0.1, 0.15) is 5.60 Å². The monoisotopic (exact) mass is 360 g/mol. The molecule has 130 valence electrons.